The zero-order valence-electron chi connectivity index (χ0n) is 11.4. The number of rotatable bonds is 6. The van der Waals surface area contributed by atoms with Gasteiger partial charge in [-0.2, -0.15) is 19.0 Å². The third-order valence-corrected chi connectivity index (χ3v) is 2.86. The summed E-state index contributed by atoms with van der Waals surface area (Å²) in [5.41, 5.74) is 2.68. The molecule has 0 amide bonds. The normalized spacial score (nSPS) is 10.8. The van der Waals surface area contributed by atoms with E-state index in [2.05, 4.69) is 15.5 Å². The first-order valence-electron chi connectivity index (χ1n) is 6.16. The number of aryl methyl sites for hydroxylation is 2. The lowest BCUT2D eigenvalue weighted by Crippen LogP contribution is -2.14. The van der Waals surface area contributed by atoms with Crippen molar-refractivity contribution in [2.75, 3.05) is 0 Å². The van der Waals surface area contributed by atoms with Crippen LogP contribution in [0, 0.1) is 6.92 Å². The van der Waals surface area contributed by atoms with Crippen molar-refractivity contribution in [2.24, 2.45) is 0 Å². The molecule has 2 rings (SSSR count). The van der Waals surface area contributed by atoms with Crippen molar-refractivity contribution >= 4 is 12.4 Å². The molecule has 8 heteroatoms. The second-order valence-corrected chi connectivity index (χ2v) is 4.26. The van der Waals surface area contributed by atoms with Crippen molar-refractivity contribution in [3.63, 3.8) is 0 Å². The highest BCUT2D eigenvalue weighted by molar-refractivity contribution is 5.85. The standard InChI is InChI=1S/C12H17F2N5.ClH/c1-3-18-8-10(9(2)16-18)6-15-7-11-4-5-19(17-11)12(13)14;/h4-5,8,12,15H,3,6-7H2,1-2H3;1H. The maximum absolute atomic E-state index is 12.3. The Morgan fingerprint density at radius 3 is 2.60 bits per heavy atom. The molecule has 1 N–H and O–H groups in total. The van der Waals surface area contributed by atoms with Crippen molar-refractivity contribution in [1.82, 2.24) is 24.9 Å². The summed E-state index contributed by atoms with van der Waals surface area (Å²) in [6.07, 6.45) is 3.27. The summed E-state index contributed by atoms with van der Waals surface area (Å²) in [5, 5.41) is 11.3. The molecular weight excluding hydrogens is 288 g/mol. The molecule has 2 aromatic rings. The van der Waals surface area contributed by atoms with Gasteiger partial charge < -0.3 is 5.32 Å². The first kappa shape index (κ1) is 16.6. The minimum atomic E-state index is -2.58. The summed E-state index contributed by atoms with van der Waals surface area (Å²) >= 11 is 0. The summed E-state index contributed by atoms with van der Waals surface area (Å²) in [6.45, 7) is 3.33. The fraction of sp³-hybridized carbons (Fsp3) is 0.500. The third kappa shape index (κ3) is 4.01. The van der Waals surface area contributed by atoms with Crippen molar-refractivity contribution < 1.29 is 8.78 Å². The highest BCUT2D eigenvalue weighted by Gasteiger charge is 2.08. The van der Waals surface area contributed by atoms with E-state index in [-0.39, 0.29) is 12.4 Å². The van der Waals surface area contributed by atoms with Crippen LogP contribution in [0.5, 0.6) is 0 Å². The van der Waals surface area contributed by atoms with Gasteiger partial charge in [-0.1, -0.05) is 0 Å². The van der Waals surface area contributed by atoms with E-state index in [1.807, 2.05) is 24.7 Å². The molecule has 0 spiro atoms. The van der Waals surface area contributed by atoms with Crippen molar-refractivity contribution in [2.45, 2.75) is 40.0 Å². The Morgan fingerprint density at radius 2 is 2.05 bits per heavy atom. The lowest BCUT2D eigenvalue weighted by atomic mass is 10.2. The topological polar surface area (TPSA) is 47.7 Å². The Balaban J connectivity index is 0.00000200. The van der Waals surface area contributed by atoms with Crippen LogP contribution in [0.15, 0.2) is 18.5 Å². The summed E-state index contributed by atoms with van der Waals surface area (Å²) in [6, 6.07) is 1.58. The molecular formula is C12H18ClF2N5. The van der Waals surface area contributed by atoms with Crippen LogP contribution in [0.2, 0.25) is 0 Å². The van der Waals surface area contributed by atoms with Crippen LogP contribution in [-0.4, -0.2) is 19.6 Å². The van der Waals surface area contributed by atoms with Crippen LogP contribution in [0.3, 0.4) is 0 Å². The Morgan fingerprint density at radius 1 is 1.30 bits per heavy atom. The van der Waals surface area contributed by atoms with Crippen LogP contribution < -0.4 is 5.32 Å². The van der Waals surface area contributed by atoms with Crippen LogP contribution in [0.1, 0.15) is 30.4 Å². The molecule has 0 atom stereocenters. The lowest BCUT2D eigenvalue weighted by molar-refractivity contribution is 0.0561. The lowest BCUT2D eigenvalue weighted by Gasteiger charge is -2.01. The fourth-order valence-electron chi connectivity index (χ4n) is 1.80. The molecule has 0 aliphatic heterocycles. The van der Waals surface area contributed by atoms with Gasteiger partial charge in [-0.3, -0.25) is 4.68 Å². The van der Waals surface area contributed by atoms with Crippen molar-refractivity contribution in [1.29, 1.82) is 0 Å². The molecule has 112 valence electrons. The number of aromatic nitrogens is 4. The van der Waals surface area contributed by atoms with Gasteiger partial charge in [-0.25, -0.2) is 4.68 Å². The molecule has 0 saturated heterocycles. The number of nitrogens with one attached hydrogen (secondary N) is 1. The largest absolute Gasteiger partial charge is 0.333 e. The molecule has 0 aromatic carbocycles. The molecule has 0 fully saturated rings. The maximum Gasteiger partial charge on any atom is 0.333 e. The van der Waals surface area contributed by atoms with Gasteiger partial charge in [0, 0.05) is 37.6 Å². The van der Waals surface area contributed by atoms with Gasteiger partial charge >= 0.3 is 6.55 Å². The number of alkyl halides is 2. The van der Waals surface area contributed by atoms with E-state index >= 15 is 0 Å². The van der Waals surface area contributed by atoms with Gasteiger partial charge in [-0.15, -0.1) is 12.4 Å². The minimum absolute atomic E-state index is 0. The van der Waals surface area contributed by atoms with E-state index in [9.17, 15) is 8.78 Å². The first-order valence-corrected chi connectivity index (χ1v) is 6.16. The van der Waals surface area contributed by atoms with E-state index in [1.54, 1.807) is 6.07 Å². The molecule has 2 aromatic heterocycles. The predicted octanol–water partition coefficient (Wildman–Crippen LogP) is 2.51. The maximum atomic E-state index is 12.3. The Kier molecular flexibility index (Phi) is 6.09. The molecule has 2 heterocycles. The van der Waals surface area contributed by atoms with E-state index in [0.29, 0.717) is 23.5 Å². The number of hydrogen-bond acceptors (Lipinski definition) is 3. The molecule has 20 heavy (non-hydrogen) atoms. The smallest absolute Gasteiger partial charge is 0.307 e. The monoisotopic (exact) mass is 305 g/mol. The average molecular weight is 306 g/mol. The third-order valence-electron chi connectivity index (χ3n) is 2.86. The van der Waals surface area contributed by atoms with Gasteiger partial charge in [-0.05, 0) is 19.9 Å². The quantitative estimate of drug-likeness (QED) is 0.892. The average Bonchev–Trinajstić information content (AvgIpc) is 2.97. The number of halogens is 3. The van der Waals surface area contributed by atoms with E-state index in [1.165, 1.54) is 6.20 Å². The number of hydrogen-bond donors (Lipinski definition) is 1. The Hall–Kier alpha value is -1.47. The Labute approximate surface area is 122 Å². The van der Waals surface area contributed by atoms with Crippen molar-refractivity contribution in [3.8, 4) is 0 Å². The Bertz CT molecular complexity index is 538. The summed E-state index contributed by atoms with van der Waals surface area (Å²) in [4.78, 5) is 0. The van der Waals surface area contributed by atoms with Gasteiger partial charge in [0.05, 0.1) is 11.4 Å². The van der Waals surface area contributed by atoms with E-state index in [0.717, 1.165) is 17.8 Å². The molecule has 0 radical (unpaired) electrons. The van der Waals surface area contributed by atoms with Crippen LogP contribution >= 0.6 is 12.4 Å². The highest BCUT2D eigenvalue weighted by atomic mass is 35.5. The second kappa shape index (κ2) is 7.35. The van der Waals surface area contributed by atoms with Crippen molar-refractivity contribution in [3.05, 3.63) is 35.4 Å². The van der Waals surface area contributed by atoms with E-state index in [4.69, 9.17) is 0 Å². The van der Waals surface area contributed by atoms with Crippen LogP contribution in [-0.2, 0) is 19.6 Å². The van der Waals surface area contributed by atoms with Crippen LogP contribution in [0.4, 0.5) is 8.78 Å². The van der Waals surface area contributed by atoms with Crippen LogP contribution in [0.25, 0.3) is 0 Å². The predicted molar refractivity (Wildman–Crippen MR) is 73.9 cm³/mol. The summed E-state index contributed by atoms with van der Waals surface area (Å²) < 4.78 is 27.2. The fourth-order valence-corrected chi connectivity index (χ4v) is 1.80. The molecule has 5 nitrogen and oxygen atoms in total. The summed E-state index contributed by atoms with van der Waals surface area (Å²) in [7, 11) is 0. The van der Waals surface area contributed by atoms with E-state index < -0.39 is 6.55 Å². The van der Waals surface area contributed by atoms with Gasteiger partial charge in [0.2, 0.25) is 0 Å². The minimum Gasteiger partial charge on any atom is -0.307 e. The highest BCUT2D eigenvalue weighted by Crippen LogP contribution is 2.09. The summed E-state index contributed by atoms with van der Waals surface area (Å²) in [5.74, 6) is 0. The van der Waals surface area contributed by atoms with Gasteiger partial charge in [0.1, 0.15) is 0 Å². The number of nitrogens with zero attached hydrogens (tertiary/aromatic N) is 4. The van der Waals surface area contributed by atoms with Gasteiger partial charge in [0.15, 0.2) is 0 Å². The zero-order chi connectivity index (χ0) is 13.8. The zero-order valence-corrected chi connectivity index (χ0v) is 12.2. The molecule has 0 aliphatic rings. The molecule has 0 aliphatic carbocycles. The molecule has 0 saturated carbocycles. The molecule has 0 bridgehead atoms. The first-order chi connectivity index (χ1) is 9.10. The molecule has 0 unspecified atom stereocenters. The van der Waals surface area contributed by atoms with Gasteiger partial charge in [0.25, 0.3) is 0 Å². The SMILES string of the molecule is CCn1cc(CNCc2ccn(C(F)F)n2)c(C)n1.Cl. The second-order valence-electron chi connectivity index (χ2n) is 4.26.